The van der Waals surface area contributed by atoms with Crippen molar-refractivity contribution in [2.24, 2.45) is 4.99 Å². The van der Waals surface area contributed by atoms with Crippen LogP contribution in [0.4, 0.5) is 0 Å². The number of aliphatic imine (C=N–C) groups is 1. The van der Waals surface area contributed by atoms with E-state index >= 15 is 0 Å². The number of carbonyl (C=O) groups is 1. The first-order valence-corrected chi connectivity index (χ1v) is 12.5. The fourth-order valence-corrected chi connectivity index (χ4v) is 5.34. The van der Waals surface area contributed by atoms with E-state index in [9.17, 15) is 13.2 Å². The Bertz CT molecular complexity index is 837. The van der Waals surface area contributed by atoms with Crippen LogP contribution in [0.3, 0.4) is 0 Å². The molecular formula is C18H31N5O4S2. The standard InChI is InChI=1S/C18H31N5O4S2/c1-6-19-18(20-11-14-9-8-10-23(14)29(5,25)26)22-13(4)16-21-12(3)15(28-16)17(24)27-7-2/h13-14H,6-11H2,1-5H3,(H2,19,20,22)/t13?,14-/m1/s1. The summed E-state index contributed by atoms with van der Waals surface area (Å²) in [5, 5.41) is 7.23. The number of hydrogen-bond donors (Lipinski definition) is 2. The summed E-state index contributed by atoms with van der Waals surface area (Å²) >= 11 is 1.30. The van der Waals surface area contributed by atoms with Gasteiger partial charge in [-0.1, -0.05) is 0 Å². The number of thiazole rings is 1. The molecule has 29 heavy (non-hydrogen) atoms. The van der Waals surface area contributed by atoms with Crippen molar-refractivity contribution >= 4 is 33.3 Å². The van der Waals surface area contributed by atoms with Crippen LogP contribution >= 0.6 is 11.3 Å². The van der Waals surface area contributed by atoms with Gasteiger partial charge in [-0.25, -0.2) is 18.2 Å². The van der Waals surface area contributed by atoms with Crippen LogP contribution in [-0.2, 0) is 14.8 Å². The Balaban J connectivity index is 2.09. The summed E-state index contributed by atoms with van der Waals surface area (Å²) in [5.74, 6) is 0.231. The number of esters is 1. The van der Waals surface area contributed by atoms with Gasteiger partial charge < -0.3 is 15.4 Å². The molecule has 1 aromatic heterocycles. The molecule has 2 heterocycles. The Labute approximate surface area is 177 Å². The van der Waals surface area contributed by atoms with Gasteiger partial charge in [0.1, 0.15) is 9.88 Å². The fourth-order valence-electron chi connectivity index (χ4n) is 3.20. The minimum atomic E-state index is -3.22. The highest BCUT2D eigenvalue weighted by Gasteiger charge is 2.31. The highest BCUT2D eigenvalue weighted by molar-refractivity contribution is 7.88. The van der Waals surface area contributed by atoms with Gasteiger partial charge in [-0.15, -0.1) is 11.3 Å². The molecule has 0 aromatic carbocycles. The van der Waals surface area contributed by atoms with Crippen LogP contribution < -0.4 is 10.6 Å². The zero-order valence-corrected chi connectivity index (χ0v) is 19.3. The van der Waals surface area contributed by atoms with Gasteiger partial charge in [-0.05, 0) is 40.5 Å². The molecule has 1 saturated heterocycles. The molecule has 2 N–H and O–H groups in total. The molecule has 9 nitrogen and oxygen atoms in total. The van der Waals surface area contributed by atoms with E-state index in [1.165, 1.54) is 21.9 Å². The van der Waals surface area contributed by atoms with Gasteiger partial charge in [0.2, 0.25) is 10.0 Å². The summed E-state index contributed by atoms with van der Waals surface area (Å²) in [5.41, 5.74) is 0.647. The van der Waals surface area contributed by atoms with Gasteiger partial charge in [-0.2, -0.15) is 4.31 Å². The van der Waals surface area contributed by atoms with Gasteiger partial charge in [0.25, 0.3) is 0 Å². The number of rotatable bonds is 8. The summed E-state index contributed by atoms with van der Waals surface area (Å²) in [6.45, 7) is 9.40. The molecule has 0 radical (unpaired) electrons. The van der Waals surface area contributed by atoms with Gasteiger partial charge in [0.15, 0.2) is 5.96 Å². The average molecular weight is 446 g/mol. The Morgan fingerprint density at radius 1 is 1.45 bits per heavy atom. The summed E-state index contributed by atoms with van der Waals surface area (Å²) in [7, 11) is -3.22. The maximum absolute atomic E-state index is 12.0. The molecule has 0 aliphatic carbocycles. The van der Waals surface area contributed by atoms with Crippen molar-refractivity contribution in [3.8, 4) is 0 Å². The SMILES string of the molecule is CCNC(=NC[C@H]1CCCN1S(C)(=O)=O)NC(C)c1nc(C)c(C(=O)OCC)s1. The first-order chi connectivity index (χ1) is 13.7. The van der Waals surface area contributed by atoms with Crippen LogP contribution in [-0.4, -0.2) is 68.2 Å². The lowest BCUT2D eigenvalue weighted by Gasteiger charge is -2.21. The van der Waals surface area contributed by atoms with Crippen LogP contribution in [0.15, 0.2) is 4.99 Å². The number of carbonyl (C=O) groups excluding carboxylic acids is 1. The third kappa shape index (κ3) is 6.38. The van der Waals surface area contributed by atoms with Crippen molar-refractivity contribution < 1.29 is 17.9 Å². The maximum Gasteiger partial charge on any atom is 0.350 e. The topological polar surface area (TPSA) is 113 Å². The highest BCUT2D eigenvalue weighted by atomic mass is 32.2. The lowest BCUT2D eigenvalue weighted by Crippen LogP contribution is -2.41. The van der Waals surface area contributed by atoms with Crippen LogP contribution in [0.25, 0.3) is 0 Å². The number of nitrogens with one attached hydrogen (secondary N) is 2. The number of sulfonamides is 1. The number of guanidine groups is 1. The van der Waals surface area contributed by atoms with Gasteiger partial charge in [-0.3, -0.25) is 4.99 Å². The van der Waals surface area contributed by atoms with E-state index in [2.05, 4.69) is 20.6 Å². The number of aryl methyl sites for hydroxylation is 1. The Morgan fingerprint density at radius 2 is 2.17 bits per heavy atom. The van der Waals surface area contributed by atoms with E-state index in [1.54, 1.807) is 13.8 Å². The fraction of sp³-hybridized carbons (Fsp3) is 0.722. The first kappa shape index (κ1) is 23.6. The lowest BCUT2D eigenvalue weighted by molar-refractivity contribution is 0.0531. The quantitative estimate of drug-likeness (QED) is 0.355. The molecule has 0 spiro atoms. The zero-order chi connectivity index (χ0) is 21.6. The molecule has 0 saturated carbocycles. The van der Waals surface area contributed by atoms with Crippen molar-refractivity contribution in [3.05, 3.63) is 15.6 Å². The van der Waals surface area contributed by atoms with E-state index in [4.69, 9.17) is 4.74 Å². The van der Waals surface area contributed by atoms with Crippen LogP contribution in [0.2, 0.25) is 0 Å². The molecule has 11 heteroatoms. The second-order valence-electron chi connectivity index (χ2n) is 6.94. The molecule has 1 unspecified atom stereocenters. The first-order valence-electron chi connectivity index (χ1n) is 9.83. The monoisotopic (exact) mass is 445 g/mol. The third-order valence-electron chi connectivity index (χ3n) is 4.55. The Morgan fingerprint density at radius 3 is 2.79 bits per heavy atom. The Kier molecular flexibility index (Phi) is 8.41. The Hall–Kier alpha value is -1.72. The molecule has 1 aliphatic rings. The molecule has 2 rings (SSSR count). The second-order valence-corrected chi connectivity index (χ2v) is 9.91. The van der Waals surface area contributed by atoms with Crippen molar-refractivity contribution in [2.45, 2.75) is 52.6 Å². The molecule has 0 amide bonds. The van der Waals surface area contributed by atoms with Crippen LogP contribution in [0.5, 0.6) is 0 Å². The van der Waals surface area contributed by atoms with Crippen LogP contribution in [0, 0.1) is 6.92 Å². The predicted molar refractivity (Wildman–Crippen MR) is 115 cm³/mol. The molecule has 0 bridgehead atoms. The van der Waals surface area contributed by atoms with Crippen molar-refractivity contribution in [2.75, 3.05) is 32.5 Å². The number of ether oxygens (including phenoxy) is 1. The molecule has 164 valence electrons. The van der Waals surface area contributed by atoms with E-state index < -0.39 is 10.0 Å². The minimum absolute atomic E-state index is 0.117. The van der Waals surface area contributed by atoms with Crippen molar-refractivity contribution in [3.63, 3.8) is 0 Å². The van der Waals surface area contributed by atoms with Gasteiger partial charge >= 0.3 is 5.97 Å². The molecular weight excluding hydrogens is 414 g/mol. The molecule has 1 aromatic rings. The summed E-state index contributed by atoms with van der Waals surface area (Å²) in [4.78, 5) is 21.6. The molecule has 2 atom stereocenters. The predicted octanol–water partition coefficient (Wildman–Crippen LogP) is 1.67. The smallest absolute Gasteiger partial charge is 0.350 e. The van der Waals surface area contributed by atoms with E-state index in [0.29, 0.717) is 42.8 Å². The van der Waals surface area contributed by atoms with Gasteiger partial charge in [0.05, 0.1) is 31.1 Å². The number of aromatic nitrogens is 1. The molecule has 1 aliphatic heterocycles. The van der Waals surface area contributed by atoms with E-state index in [-0.39, 0.29) is 18.1 Å². The lowest BCUT2D eigenvalue weighted by atomic mass is 10.2. The normalized spacial score (nSPS) is 19.2. The van der Waals surface area contributed by atoms with Crippen molar-refractivity contribution in [1.29, 1.82) is 0 Å². The highest BCUT2D eigenvalue weighted by Crippen LogP contribution is 2.24. The second kappa shape index (κ2) is 10.4. The molecule has 1 fully saturated rings. The average Bonchev–Trinajstić information content (AvgIpc) is 3.26. The van der Waals surface area contributed by atoms with Crippen LogP contribution in [0.1, 0.15) is 60.0 Å². The number of hydrogen-bond acceptors (Lipinski definition) is 7. The minimum Gasteiger partial charge on any atom is -0.462 e. The zero-order valence-electron chi connectivity index (χ0n) is 17.7. The van der Waals surface area contributed by atoms with Gasteiger partial charge in [0, 0.05) is 19.1 Å². The summed E-state index contributed by atoms with van der Waals surface area (Å²) in [6.07, 6.45) is 2.90. The summed E-state index contributed by atoms with van der Waals surface area (Å²) in [6, 6.07) is -0.289. The summed E-state index contributed by atoms with van der Waals surface area (Å²) < 4.78 is 30.4. The third-order valence-corrected chi connectivity index (χ3v) is 7.20. The van der Waals surface area contributed by atoms with E-state index in [1.807, 2.05) is 13.8 Å². The maximum atomic E-state index is 12.0. The van der Waals surface area contributed by atoms with E-state index in [0.717, 1.165) is 17.8 Å². The van der Waals surface area contributed by atoms with Crippen molar-refractivity contribution in [1.82, 2.24) is 19.9 Å². The number of nitrogens with zero attached hydrogens (tertiary/aromatic N) is 3. The largest absolute Gasteiger partial charge is 0.462 e.